The molecule has 1 aromatic carbocycles. The molecule has 0 fully saturated rings. The molecule has 0 aromatic heterocycles. The molecule has 0 aliphatic heterocycles. The molecule has 0 aliphatic rings. The van der Waals surface area contributed by atoms with E-state index in [9.17, 15) is 9.59 Å². The van der Waals surface area contributed by atoms with Crippen LogP contribution in [-0.2, 0) is 9.53 Å². The van der Waals surface area contributed by atoms with E-state index >= 15 is 0 Å². The Labute approximate surface area is 127 Å². The van der Waals surface area contributed by atoms with Gasteiger partial charge in [0.2, 0.25) is 0 Å². The Bertz CT molecular complexity index is 473. The van der Waals surface area contributed by atoms with Gasteiger partial charge in [-0.05, 0) is 44.4 Å². The average molecular weight is 343 g/mol. The monoisotopic (exact) mass is 342 g/mol. The highest BCUT2D eigenvalue weighted by atomic mass is 79.9. The number of rotatable bonds is 7. The fraction of sp³-hybridized carbons (Fsp3) is 0.467. The van der Waals surface area contributed by atoms with Gasteiger partial charge in [0.1, 0.15) is 0 Å². The summed E-state index contributed by atoms with van der Waals surface area (Å²) in [6.07, 6.45) is 1.76. The fourth-order valence-electron chi connectivity index (χ4n) is 1.76. The highest BCUT2D eigenvalue weighted by molar-refractivity contribution is 9.10. The summed E-state index contributed by atoms with van der Waals surface area (Å²) in [4.78, 5) is 22.6. The van der Waals surface area contributed by atoms with Crippen LogP contribution < -0.4 is 0 Å². The first-order valence-corrected chi connectivity index (χ1v) is 7.38. The number of hydrogen-bond donors (Lipinski definition) is 1. The third-order valence-corrected chi connectivity index (χ3v) is 3.53. The van der Waals surface area contributed by atoms with Crippen LogP contribution in [-0.4, -0.2) is 23.1 Å². The van der Waals surface area contributed by atoms with Crippen LogP contribution in [0.3, 0.4) is 0 Å². The Morgan fingerprint density at radius 2 is 2.00 bits per heavy atom. The standard InChI is InChI=1S/C15H19BrO4/c1-10(14(17)18)5-3-6-11(2)20-15(19)12-7-4-8-13(16)9-12/h4,7-11H,3,5-6H2,1-2H3,(H,17,18)/t10-,11?/m1/s1. The van der Waals surface area contributed by atoms with Gasteiger partial charge in [0, 0.05) is 4.47 Å². The van der Waals surface area contributed by atoms with E-state index in [2.05, 4.69) is 15.9 Å². The Balaban J connectivity index is 2.37. The first-order valence-electron chi connectivity index (χ1n) is 6.59. The van der Waals surface area contributed by atoms with E-state index in [0.717, 1.165) is 10.9 Å². The van der Waals surface area contributed by atoms with E-state index in [1.54, 1.807) is 25.1 Å². The second kappa shape index (κ2) is 8.04. The Morgan fingerprint density at radius 1 is 1.30 bits per heavy atom. The van der Waals surface area contributed by atoms with Crippen LogP contribution in [0.1, 0.15) is 43.5 Å². The van der Waals surface area contributed by atoms with Crippen molar-refractivity contribution in [3.05, 3.63) is 34.3 Å². The molecule has 0 radical (unpaired) electrons. The van der Waals surface area contributed by atoms with E-state index in [0.29, 0.717) is 18.4 Å². The summed E-state index contributed by atoms with van der Waals surface area (Å²) in [6.45, 7) is 3.50. The lowest BCUT2D eigenvalue weighted by atomic mass is 10.0. The van der Waals surface area contributed by atoms with Gasteiger partial charge >= 0.3 is 11.9 Å². The van der Waals surface area contributed by atoms with Gasteiger partial charge in [-0.25, -0.2) is 4.79 Å². The van der Waals surface area contributed by atoms with Gasteiger partial charge < -0.3 is 9.84 Å². The van der Waals surface area contributed by atoms with Crippen LogP contribution in [0.15, 0.2) is 28.7 Å². The second-order valence-corrected chi connectivity index (χ2v) is 5.81. The van der Waals surface area contributed by atoms with E-state index in [1.807, 2.05) is 13.0 Å². The lowest BCUT2D eigenvalue weighted by Crippen LogP contribution is -2.16. The summed E-state index contributed by atoms with van der Waals surface area (Å²) in [6, 6.07) is 7.03. The van der Waals surface area contributed by atoms with Crippen molar-refractivity contribution in [1.82, 2.24) is 0 Å². The highest BCUT2D eigenvalue weighted by Gasteiger charge is 2.14. The summed E-state index contributed by atoms with van der Waals surface area (Å²) in [5, 5.41) is 8.78. The summed E-state index contributed by atoms with van der Waals surface area (Å²) in [5.74, 6) is -1.50. The number of halogens is 1. The van der Waals surface area contributed by atoms with Crippen LogP contribution in [0.4, 0.5) is 0 Å². The molecule has 1 unspecified atom stereocenters. The lowest BCUT2D eigenvalue weighted by Gasteiger charge is -2.14. The van der Waals surface area contributed by atoms with Crippen molar-refractivity contribution in [2.45, 2.75) is 39.2 Å². The zero-order chi connectivity index (χ0) is 15.1. The lowest BCUT2D eigenvalue weighted by molar-refractivity contribution is -0.141. The van der Waals surface area contributed by atoms with Gasteiger partial charge in [-0.15, -0.1) is 0 Å². The van der Waals surface area contributed by atoms with Crippen LogP contribution in [0.2, 0.25) is 0 Å². The average Bonchev–Trinajstić information content (AvgIpc) is 2.38. The Hall–Kier alpha value is -1.36. The number of hydrogen-bond acceptors (Lipinski definition) is 3. The van der Waals surface area contributed by atoms with E-state index in [-0.39, 0.29) is 18.0 Å². The topological polar surface area (TPSA) is 63.6 Å². The molecule has 0 spiro atoms. The van der Waals surface area contributed by atoms with Crippen molar-refractivity contribution in [2.75, 3.05) is 0 Å². The van der Waals surface area contributed by atoms with Gasteiger partial charge in [0.25, 0.3) is 0 Å². The SMILES string of the molecule is CC(CCC[C@@H](C)C(=O)O)OC(=O)c1cccc(Br)c1. The first kappa shape index (κ1) is 16.7. The van der Waals surface area contributed by atoms with E-state index in [1.165, 1.54) is 0 Å². The minimum absolute atomic E-state index is 0.220. The number of benzene rings is 1. The molecule has 1 aromatic rings. The summed E-state index contributed by atoms with van der Waals surface area (Å²) >= 11 is 3.30. The second-order valence-electron chi connectivity index (χ2n) is 4.90. The maximum atomic E-state index is 11.9. The van der Waals surface area contributed by atoms with Crippen molar-refractivity contribution in [3.63, 3.8) is 0 Å². The van der Waals surface area contributed by atoms with Crippen LogP contribution in [0, 0.1) is 5.92 Å². The minimum Gasteiger partial charge on any atom is -0.481 e. The zero-order valence-corrected chi connectivity index (χ0v) is 13.2. The third-order valence-electron chi connectivity index (χ3n) is 3.04. The fourth-order valence-corrected chi connectivity index (χ4v) is 2.16. The molecule has 5 heteroatoms. The molecule has 4 nitrogen and oxygen atoms in total. The summed E-state index contributed by atoms with van der Waals surface area (Å²) in [7, 11) is 0. The molecule has 0 amide bonds. The number of esters is 1. The van der Waals surface area contributed by atoms with Crippen molar-refractivity contribution in [1.29, 1.82) is 0 Å². The molecule has 0 bridgehead atoms. The van der Waals surface area contributed by atoms with Gasteiger partial charge in [0.05, 0.1) is 17.6 Å². The van der Waals surface area contributed by atoms with Crippen molar-refractivity contribution < 1.29 is 19.4 Å². The maximum Gasteiger partial charge on any atom is 0.338 e. The Kier molecular flexibility index (Phi) is 6.71. The van der Waals surface area contributed by atoms with E-state index < -0.39 is 5.97 Å². The van der Waals surface area contributed by atoms with Crippen LogP contribution in [0.25, 0.3) is 0 Å². The van der Waals surface area contributed by atoms with Crippen LogP contribution in [0.5, 0.6) is 0 Å². The molecule has 1 N–H and O–H groups in total. The number of aliphatic carboxylic acids is 1. The van der Waals surface area contributed by atoms with Crippen molar-refractivity contribution >= 4 is 27.9 Å². The van der Waals surface area contributed by atoms with Crippen molar-refractivity contribution in [3.8, 4) is 0 Å². The number of carboxylic acid groups (broad SMARTS) is 1. The van der Waals surface area contributed by atoms with Gasteiger partial charge in [-0.2, -0.15) is 0 Å². The predicted molar refractivity (Wildman–Crippen MR) is 79.7 cm³/mol. The molecule has 1 rings (SSSR count). The molecule has 0 saturated carbocycles. The first-order chi connectivity index (χ1) is 9.40. The number of carbonyl (C=O) groups is 2. The highest BCUT2D eigenvalue weighted by Crippen LogP contribution is 2.15. The normalized spacial score (nSPS) is 13.6. The van der Waals surface area contributed by atoms with Gasteiger partial charge in [-0.3, -0.25) is 4.79 Å². The zero-order valence-electron chi connectivity index (χ0n) is 11.6. The van der Waals surface area contributed by atoms with Gasteiger partial charge in [0.15, 0.2) is 0 Å². The molecule has 20 heavy (non-hydrogen) atoms. The smallest absolute Gasteiger partial charge is 0.338 e. The molecule has 0 heterocycles. The van der Waals surface area contributed by atoms with Gasteiger partial charge in [-0.1, -0.05) is 28.9 Å². The maximum absolute atomic E-state index is 11.9. The predicted octanol–water partition coefficient (Wildman–Crippen LogP) is 3.89. The Morgan fingerprint density at radius 3 is 2.60 bits per heavy atom. The van der Waals surface area contributed by atoms with E-state index in [4.69, 9.17) is 9.84 Å². The molecule has 0 saturated heterocycles. The largest absolute Gasteiger partial charge is 0.481 e. The molecule has 2 atom stereocenters. The third kappa shape index (κ3) is 5.74. The number of carboxylic acids is 1. The summed E-state index contributed by atoms with van der Waals surface area (Å²) < 4.78 is 6.16. The molecule has 0 aliphatic carbocycles. The molecular formula is C15H19BrO4. The number of ether oxygens (including phenoxy) is 1. The minimum atomic E-state index is -0.788. The summed E-state index contributed by atoms with van der Waals surface area (Å²) in [5.41, 5.74) is 0.505. The van der Waals surface area contributed by atoms with Crippen LogP contribution >= 0.6 is 15.9 Å². The quantitative estimate of drug-likeness (QED) is 0.763. The molecule has 110 valence electrons. The molecular weight excluding hydrogens is 324 g/mol. The number of carbonyl (C=O) groups excluding carboxylic acids is 1. The van der Waals surface area contributed by atoms with Crippen molar-refractivity contribution in [2.24, 2.45) is 5.92 Å².